The number of hydrogen-bond acceptors (Lipinski definition) is 8. The largest absolute Gasteiger partial charge is 0.421 e. The number of anilines is 2. The summed E-state index contributed by atoms with van der Waals surface area (Å²) in [6.45, 7) is 7.11. The molecule has 0 saturated heterocycles. The molecule has 12 nitrogen and oxygen atoms in total. The van der Waals surface area contributed by atoms with E-state index in [9.17, 15) is 28.8 Å². The maximum Gasteiger partial charge on any atom is 0.343 e. The first-order valence-corrected chi connectivity index (χ1v) is 19.7. The van der Waals surface area contributed by atoms with E-state index in [0.717, 1.165) is 0 Å². The summed E-state index contributed by atoms with van der Waals surface area (Å²) < 4.78 is 14.4. The molecule has 2 amide bonds. The van der Waals surface area contributed by atoms with Gasteiger partial charge in [-0.3, -0.25) is 19.2 Å². The molecule has 0 fully saturated rings. The number of amides is 2. The Kier molecular flexibility index (Phi) is 12.9. The van der Waals surface area contributed by atoms with Crippen LogP contribution in [0.1, 0.15) is 69.1 Å². The summed E-state index contributed by atoms with van der Waals surface area (Å²) in [5.41, 5.74) is -0.983. The smallest absolute Gasteiger partial charge is 0.343 e. The van der Waals surface area contributed by atoms with Crippen molar-refractivity contribution in [2.24, 2.45) is 14.1 Å². The molecule has 0 aliphatic rings. The van der Waals surface area contributed by atoms with Crippen LogP contribution in [0.15, 0.2) is 113 Å². The molecule has 0 atom stereocenters. The van der Waals surface area contributed by atoms with Gasteiger partial charge in [0.1, 0.15) is 11.1 Å². The van der Waals surface area contributed by atoms with Gasteiger partial charge in [-0.25, -0.2) is 9.59 Å². The van der Waals surface area contributed by atoms with E-state index in [0.29, 0.717) is 22.2 Å². The molecule has 0 radical (unpaired) electrons. The predicted molar refractivity (Wildman–Crippen MR) is 234 cm³/mol. The number of aryl methyl sites for hydroxylation is 1. The number of rotatable bonds is 10. The Morgan fingerprint density at radius 3 is 1.55 bits per heavy atom. The van der Waals surface area contributed by atoms with E-state index in [1.54, 1.807) is 113 Å². The van der Waals surface area contributed by atoms with E-state index in [-0.39, 0.29) is 56.4 Å². The molecule has 4 aromatic carbocycles. The minimum atomic E-state index is -0.959. The molecular formula is C46H40Cl2N4O8. The van der Waals surface area contributed by atoms with Gasteiger partial charge in [0.05, 0.1) is 37.6 Å². The van der Waals surface area contributed by atoms with Crippen molar-refractivity contribution in [1.82, 2.24) is 9.13 Å². The molecule has 0 aliphatic heterocycles. The van der Waals surface area contributed by atoms with Gasteiger partial charge >= 0.3 is 11.9 Å². The lowest BCUT2D eigenvalue weighted by atomic mass is 10.1. The fourth-order valence-electron chi connectivity index (χ4n) is 6.97. The Morgan fingerprint density at radius 2 is 1.10 bits per heavy atom. The Balaban J connectivity index is 1.39. The van der Waals surface area contributed by atoms with E-state index >= 15 is 0 Å². The second-order valence-electron chi connectivity index (χ2n) is 13.5. The fraction of sp³-hybridized carbons (Fsp3) is 0.174. The highest BCUT2D eigenvalue weighted by Crippen LogP contribution is 2.35. The lowest BCUT2D eigenvalue weighted by molar-refractivity contribution is 0.0716. The minimum absolute atomic E-state index is 0.0550. The first-order valence-electron chi connectivity index (χ1n) is 18.9. The molecule has 2 aromatic heterocycles. The van der Waals surface area contributed by atoms with Crippen molar-refractivity contribution in [3.8, 4) is 11.5 Å². The number of halogens is 2. The minimum Gasteiger partial charge on any atom is -0.421 e. The molecule has 2 heterocycles. The molecule has 6 rings (SSSR count). The van der Waals surface area contributed by atoms with Crippen LogP contribution in [0.5, 0.6) is 11.5 Å². The highest BCUT2D eigenvalue weighted by Gasteiger charge is 2.31. The SMILES string of the molecule is C/C=c1\c(=C(/C)Cl)c(OC(=O)c2ccc(C(=O)Oc3c(C(=O)N(CC)c4ccccc4)c(=O)n(C)c4cccc(Cl)c34)cc2)c(C(=O)N(CC)c2ccccc2)c(=O)n1C. The number of para-hydroxylation sites is 2. The zero-order chi connectivity index (χ0) is 43.4. The van der Waals surface area contributed by atoms with E-state index in [4.69, 9.17) is 32.7 Å². The van der Waals surface area contributed by atoms with E-state index < -0.39 is 46.0 Å². The molecule has 0 saturated carbocycles. The lowest BCUT2D eigenvalue weighted by Crippen LogP contribution is -2.48. The van der Waals surface area contributed by atoms with Gasteiger partial charge in [0.2, 0.25) is 0 Å². The molecule has 0 N–H and O–H groups in total. The van der Waals surface area contributed by atoms with Gasteiger partial charge in [-0.1, -0.05) is 71.7 Å². The van der Waals surface area contributed by atoms with E-state index in [2.05, 4.69) is 0 Å². The Bertz CT molecular complexity index is 2920. The van der Waals surface area contributed by atoms with Gasteiger partial charge in [0.25, 0.3) is 22.9 Å². The number of nitrogens with zero attached hydrogens (tertiary/aromatic N) is 4. The summed E-state index contributed by atoms with van der Waals surface area (Å²) in [6, 6.07) is 27.4. The molecule has 0 aliphatic carbocycles. The molecular weight excluding hydrogens is 807 g/mol. The number of carbonyl (C=O) groups is 4. The number of fused-ring (bicyclic) bond motifs is 1. The molecule has 60 heavy (non-hydrogen) atoms. The zero-order valence-corrected chi connectivity index (χ0v) is 35.1. The highest BCUT2D eigenvalue weighted by atomic mass is 35.5. The van der Waals surface area contributed by atoms with E-state index in [1.165, 1.54) is 57.3 Å². The van der Waals surface area contributed by atoms with Crippen LogP contribution in [-0.2, 0) is 14.1 Å². The fourth-order valence-corrected chi connectivity index (χ4v) is 7.41. The molecule has 306 valence electrons. The molecule has 0 spiro atoms. The maximum absolute atomic E-state index is 14.2. The predicted octanol–water partition coefficient (Wildman–Crippen LogP) is 6.83. The topological polar surface area (TPSA) is 137 Å². The number of esters is 2. The van der Waals surface area contributed by atoms with Crippen LogP contribution in [0.3, 0.4) is 0 Å². The van der Waals surface area contributed by atoms with E-state index in [1.807, 2.05) is 0 Å². The van der Waals surface area contributed by atoms with Crippen LogP contribution in [0.2, 0.25) is 5.02 Å². The Hall–Kier alpha value is -6.76. The lowest BCUT2D eigenvalue weighted by Gasteiger charge is -2.23. The van der Waals surface area contributed by atoms with Crippen LogP contribution < -0.4 is 41.0 Å². The molecule has 0 unspecified atom stereocenters. The van der Waals surface area contributed by atoms with Crippen molar-refractivity contribution in [2.45, 2.75) is 27.7 Å². The van der Waals surface area contributed by atoms with Gasteiger partial charge in [0, 0.05) is 43.6 Å². The average molecular weight is 848 g/mol. The zero-order valence-electron chi connectivity index (χ0n) is 33.6. The summed E-state index contributed by atoms with van der Waals surface area (Å²) >= 11 is 13.2. The summed E-state index contributed by atoms with van der Waals surface area (Å²) in [6.07, 6.45) is 1.61. The van der Waals surface area contributed by atoms with Gasteiger partial charge < -0.3 is 28.4 Å². The summed E-state index contributed by atoms with van der Waals surface area (Å²) in [5.74, 6) is -3.99. The van der Waals surface area contributed by atoms with Crippen molar-refractivity contribution >= 4 is 80.3 Å². The molecule has 14 heteroatoms. The van der Waals surface area contributed by atoms with Crippen molar-refractivity contribution in [3.63, 3.8) is 0 Å². The summed E-state index contributed by atoms with van der Waals surface area (Å²) in [4.78, 5) is 86.8. The van der Waals surface area contributed by atoms with Gasteiger partial charge in [-0.15, -0.1) is 0 Å². The molecule has 6 aromatic rings. The number of benzene rings is 4. The second kappa shape index (κ2) is 18.0. The van der Waals surface area contributed by atoms with Crippen molar-refractivity contribution in [3.05, 3.63) is 162 Å². The maximum atomic E-state index is 14.2. The third kappa shape index (κ3) is 7.99. The van der Waals surface area contributed by atoms with Gasteiger partial charge in [-0.05, 0) is 88.4 Å². The number of ether oxygens (including phenoxy) is 2. The summed E-state index contributed by atoms with van der Waals surface area (Å²) in [7, 11) is 2.98. The monoisotopic (exact) mass is 846 g/mol. The standard InChI is InChI=1S/C46H40Cl2N4O8/c1-7-33-35(27(4)47)39(37(41(53)49(33)5)43(55)51(8-2)30-17-12-10-13-18-30)59-45(57)28-23-25-29(26-24-28)46(58)60-40-36-32(48)21-16-22-34(36)50(6)42(54)38(40)44(56)52(9-3)31-19-14-11-15-20-31/h7,10-26H,8-9H2,1-6H3/b33-7+,35-27-. The highest BCUT2D eigenvalue weighted by molar-refractivity contribution is 6.44. The van der Waals surface area contributed by atoms with Crippen LogP contribution in [0.4, 0.5) is 11.4 Å². The average Bonchev–Trinajstić information content (AvgIpc) is 3.25. The van der Waals surface area contributed by atoms with Crippen LogP contribution in [0, 0.1) is 0 Å². The first-order chi connectivity index (χ1) is 28.7. The normalized spacial score (nSPS) is 11.9. The van der Waals surface area contributed by atoms with Crippen molar-refractivity contribution in [1.29, 1.82) is 0 Å². The van der Waals surface area contributed by atoms with Crippen LogP contribution in [0.25, 0.3) is 22.0 Å². The van der Waals surface area contributed by atoms with Crippen LogP contribution in [-0.4, -0.2) is 46.0 Å². The number of pyridine rings is 2. The number of aromatic nitrogens is 2. The first kappa shape index (κ1) is 42.8. The second-order valence-corrected chi connectivity index (χ2v) is 14.5. The summed E-state index contributed by atoms with van der Waals surface area (Å²) in [5, 5.41) is 0.943. The molecule has 0 bridgehead atoms. The quantitative estimate of drug-likeness (QED) is 0.137. The number of hydrogen-bond donors (Lipinski definition) is 0. The Labute approximate surface area is 354 Å². The van der Waals surface area contributed by atoms with Crippen molar-refractivity contribution in [2.75, 3.05) is 22.9 Å². The van der Waals surface area contributed by atoms with Crippen LogP contribution >= 0.6 is 23.2 Å². The van der Waals surface area contributed by atoms with Gasteiger partial charge in [0.15, 0.2) is 11.5 Å². The van der Waals surface area contributed by atoms with Gasteiger partial charge in [-0.2, -0.15) is 0 Å². The van der Waals surface area contributed by atoms with Crippen molar-refractivity contribution < 1.29 is 28.7 Å². The third-order valence-corrected chi connectivity index (χ3v) is 10.5. The Morgan fingerprint density at radius 1 is 0.650 bits per heavy atom. The third-order valence-electron chi connectivity index (χ3n) is 9.97. The number of carbonyl (C=O) groups excluding carboxylic acids is 4.